The molecular weight excluding hydrogens is 657 g/mol. The first-order valence-electron chi connectivity index (χ1n) is 14.6. The average Bonchev–Trinajstić information content (AvgIpc) is 3.59. The third-order valence-corrected chi connectivity index (χ3v) is 8.80. The van der Waals surface area contributed by atoms with Gasteiger partial charge in [0.05, 0.1) is 24.5 Å². The summed E-state index contributed by atoms with van der Waals surface area (Å²) in [5.41, 5.74) is 1.08. The number of rotatable bonds is 9. The van der Waals surface area contributed by atoms with Crippen LogP contribution in [0.2, 0.25) is 0 Å². The molecule has 2 N–H and O–H groups in total. The Balaban J connectivity index is 1.27. The number of hydrogen-bond acceptors (Lipinski definition) is 8. The fourth-order valence-corrected chi connectivity index (χ4v) is 6.28. The molecule has 1 saturated heterocycles. The van der Waals surface area contributed by atoms with Crippen molar-refractivity contribution in [1.29, 1.82) is 0 Å². The van der Waals surface area contributed by atoms with Gasteiger partial charge in [0, 0.05) is 22.9 Å². The number of thioether (sulfide) groups is 1. The van der Waals surface area contributed by atoms with Crippen molar-refractivity contribution in [3.63, 3.8) is 0 Å². The van der Waals surface area contributed by atoms with E-state index in [9.17, 15) is 31.9 Å². The molecule has 0 unspecified atom stereocenters. The Morgan fingerprint density at radius 2 is 1.56 bits per heavy atom. The Hall–Kier alpha value is -4.70. The SMILES string of the molecule is C[C@H]1[C@@H](CSc2nnnn2-c2ccccc2)O[C@@H](c2cccc(NC(=O)c3c(F)c(F)c(F)c(F)c3F)c2)O[C@H]1c1ccc(CO)cc1. The smallest absolute Gasteiger partial charge is 0.261 e. The number of carbonyl (C=O) groups excluding carboxylic acids is 1. The minimum absolute atomic E-state index is 0.0101. The van der Waals surface area contributed by atoms with Crippen LogP contribution >= 0.6 is 11.8 Å². The maximum atomic E-state index is 14.3. The molecule has 15 heteroatoms. The number of ether oxygens (including phenoxy) is 2. The van der Waals surface area contributed by atoms with Gasteiger partial charge in [0.15, 0.2) is 29.6 Å². The van der Waals surface area contributed by atoms with Crippen molar-refractivity contribution in [1.82, 2.24) is 20.2 Å². The zero-order valence-corrected chi connectivity index (χ0v) is 25.8. The number of hydrogen-bond donors (Lipinski definition) is 2. The lowest BCUT2D eigenvalue weighted by Gasteiger charge is -2.41. The number of aliphatic hydroxyl groups excluding tert-OH is 1. The first-order chi connectivity index (χ1) is 23.2. The third-order valence-electron chi connectivity index (χ3n) is 7.80. The highest BCUT2D eigenvalue weighted by atomic mass is 32.2. The Bertz CT molecular complexity index is 1900. The summed E-state index contributed by atoms with van der Waals surface area (Å²) in [5, 5.41) is 24.3. The largest absolute Gasteiger partial charge is 0.392 e. The molecule has 2 heterocycles. The third kappa shape index (κ3) is 6.67. The summed E-state index contributed by atoms with van der Waals surface area (Å²) in [7, 11) is 0. The molecule has 248 valence electrons. The lowest BCUT2D eigenvalue weighted by molar-refractivity contribution is -0.268. The molecule has 4 aromatic carbocycles. The minimum atomic E-state index is -2.37. The van der Waals surface area contributed by atoms with Crippen LogP contribution in [0.1, 0.15) is 46.4 Å². The van der Waals surface area contributed by atoms with Gasteiger partial charge in [0.2, 0.25) is 11.0 Å². The number of tetrazole rings is 1. The van der Waals surface area contributed by atoms with Crippen LogP contribution in [0, 0.1) is 35.0 Å². The van der Waals surface area contributed by atoms with Crippen molar-refractivity contribution < 1.29 is 41.3 Å². The molecule has 0 radical (unpaired) electrons. The number of anilines is 1. The molecule has 4 atom stereocenters. The van der Waals surface area contributed by atoms with E-state index in [4.69, 9.17) is 9.47 Å². The number of para-hydroxylation sites is 1. The lowest BCUT2D eigenvalue weighted by Crippen LogP contribution is -2.38. The normalized spacial score (nSPS) is 19.3. The summed E-state index contributed by atoms with van der Waals surface area (Å²) < 4.78 is 84.1. The fourth-order valence-electron chi connectivity index (χ4n) is 5.23. The number of aliphatic hydroxyl groups is 1. The second kappa shape index (κ2) is 14.2. The quantitative estimate of drug-likeness (QED) is 0.0766. The lowest BCUT2D eigenvalue weighted by atomic mass is 9.91. The second-order valence-electron chi connectivity index (χ2n) is 10.9. The molecule has 0 bridgehead atoms. The highest BCUT2D eigenvalue weighted by Crippen LogP contribution is 2.43. The summed E-state index contributed by atoms with van der Waals surface area (Å²) in [6.07, 6.45) is -1.95. The van der Waals surface area contributed by atoms with E-state index in [-0.39, 0.29) is 18.2 Å². The molecular formula is C33H26F5N5O4S. The molecule has 1 amide bonds. The number of amides is 1. The molecule has 5 aromatic rings. The van der Waals surface area contributed by atoms with Gasteiger partial charge in [-0.25, -0.2) is 22.0 Å². The van der Waals surface area contributed by atoms with Gasteiger partial charge in [-0.1, -0.05) is 73.3 Å². The molecule has 1 fully saturated rings. The molecule has 1 aromatic heterocycles. The number of benzene rings is 4. The average molecular weight is 684 g/mol. The Morgan fingerprint density at radius 1 is 0.875 bits per heavy atom. The van der Waals surface area contributed by atoms with E-state index in [1.165, 1.54) is 30.0 Å². The maximum absolute atomic E-state index is 14.3. The van der Waals surface area contributed by atoms with Crippen molar-refractivity contribution in [2.24, 2.45) is 5.92 Å². The molecule has 0 spiro atoms. The van der Waals surface area contributed by atoms with Crippen LogP contribution in [0.4, 0.5) is 27.6 Å². The van der Waals surface area contributed by atoms with Crippen molar-refractivity contribution >= 4 is 23.4 Å². The topological polar surface area (TPSA) is 111 Å². The summed E-state index contributed by atoms with van der Waals surface area (Å²) in [4.78, 5) is 12.7. The van der Waals surface area contributed by atoms with E-state index in [0.717, 1.165) is 11.3 Å². The summed E-state index contributed by atoms with van der Waals surface area (Å²) in [6, 6.07) is 22.5. The van der Waals surface area contributed by atoms with Gasteiger partial charge in [-0.2, -0.15) is 4.68 Å². The van der Waals surface area contributed by atoms with Gasteiger partial charge in [-0.15, -0.1) is 5.10 Å². The van der Waals surface area contributed by atoms with Gasteiger partial charge < -0.3 is 19.9 Å². The van der Waals surface area contributed by atoms with E-state index in [2.05, 4.69) is 20.8 Å². The van der Waals surface area contributed by atoms with E-state index < -0.39 is 59.1 Å². The van der Waals surface area contributed by atoms with Crippen LogP contribution in [0.5, 0.6) is 0 Å². The Labute approximate surface area is 274 Å². The van der Waals surface area contributed by atoms with Crippen LogP contribution in [0.15, 0.2) is 84.0 Å². The maximum Gasteiger partial charge on any atom is 0.261 e. The summed E-state index contributed by atoms with van der Waals surface area (Å²) in [6.45, 7) is 1.83. The van der Waals surface area contributed by atoms with E-state index >= 15 is 0 Å². The van der Waals surface area contributed by atoms with Gasteiger partial charge in [0.1, 0.15) is 5.56 Å². The minimum Gasteiger partial charge on any atom is -0.392 e. The monoisotopic (exact) mass is 683 g/mol. The molecule has 9 nitrogen and oxygen atoms in total. The molecule has 0 aliphatic carbocycles. The summed E-state index contributed by atoms with van der Waals surface area (Å²) in [5.74, 6) is -12.7. The van der Waals surface area contributed by atoms with Crippen LogP contribution in [-0.4, -0.2) is 43.1 Å². The van der Waals surface area contributed by atoms with E-state index in [1.54, 1.807) is 22.9 Å². The van der Waals surface area contributed by atoms with Gasteiger partial charge in [-0.3, -0.25) is 4.79 Å². The summed E-state index contributed by atoms with van der Waals surface area (Å²) >= 11 is 1.37. The second-order valence-corrected chi connectivity index (χ2v) is 11.9. The number of nitrogens with one attached hydrogen (secondary N) is 1. The fraction of sp³-hybridized carbons (Fsp3) is 0.212. The zero-order valence-electron chi connectivity index (χ0n) is 25.0. The number of halogens is 5. The molecule has 48 heavy (non-hydrogen) atoms. The van der Waals surface area contributed by atoms with Gasteiger partial charge >= 0.3 is 0 Å². The van der Waals surface area contributed by atoms with Crippen molar-refractivity contribution in [2.45, 2.75) is 37.2 Å². The van der Waals surface area contributed by atoms with Gasteiger partial charge in [-0.05, 0) is 45.8 Å². The highest BCUT2D eigenvalue weighted by Gasteiger charge is 2.39. The first kappa shape index (κ1) is 33.2. The van der Waals surface area contributed by atoms with Crippen molar-refractivity contribution in [3.05, 3.63) is 130 Å². The van der Waals surface area contributed by atoms with Gasteiger partial charge in [0.25, 0.3) is 5.91 Å². The number of nitrogens with zero attached hydrogens (tertiary/aromatic N) is 4. The highest BCUT2D eigenvalue weighted by molar-refractivity contribution is 7.99. The standard InChI is InChI=1S/C33H26F5N5O4S/c1-17-23(16-48-33-40-41-42-43(33)22-8-3-2-4-9-22)46-32(47-30(17)19-12-10-18(15-44)11-13-19)20-6-5-7-21(14-20)39-31(45)24-25(34)27(36)29(38)28(37)26(24)35/h2-14,17,23,30,32,44H,15-16H2,1H3,(H,39,45)/t17-,23+,30+,32+/m0/s1. The Morgan fingerprint density at radius 3 is 2.25 bits per heavy atom. The zero-order chi connectivity index (χ0) is 33.9. The van der Waals surface area contributed by atoms with Crippen molar-refractivity contribution in [2.75, 3.05) is 11.1 Å². The molecule has 1 aliphatic heterocycles. The van der Waals surface area contributed by atoms with Crippen LogP contribution in [-0.2, 0) is 16.1 Å². The number of aromatic nitrogens is 4. The predicted octanol–water partition coefficient (Wildman–Crippen LogP) is 6.69. The van der Waals surface area contributed by atoms with Crippen LogP contribution in [0.25, 0.3) is 5.69 Å². The van der Waals surface area contributed by atoms with Crippen LogP contribution in [0.3, 0.4) is 0 Å². The van der Waals surface area contributed by atoms with Crippen LogP contribution < -0.4 is 5.32 Å². The predicted molar refractivity (Wildman–Crippen MR) is 163 cm³/mol. The Kier molecular flexibility index (Phi) is 9.82. The van der Waals surface area contributed by atoms with Crippen molar-refractivity contribution in [3.8, 4) is 5.69 Å². The molecule has 1 aliphatic rings. The van der Waals surface area contributed by atoms with E-state index in [1.807, 2.05) is 49.4 Å². The first-order valence-corrected chi connectivity index (χ1v) is 15.5. The van der Waals surface area contributed by atoms with E-state index in [0.29, 0.717) is 22.0 Å². The number of carbonyl (C=O) groups is 1. The molecule has 0 saturated carbocycles. The molecule has 6 rings (SSSR count).